The van der Waals surface area contributed by atoms with Gasteiger partial charge in [-0.25, -0.2) is 0 Å². The van der Waals surface area contributed by atoms with Crippen LogP contribution in [0.1, 0.15) is 13.3 Å². The number of amides is 2. The van der Waals surface area contributed by atoms with Gasteiger partial charge in [-0.2, -0.15) is 0 Å². The van der Waals surface area contributed by atoms with Crippen molar-refractivity contribution in [3.8, 4) is 0 Å². The smallest absolute Gasteiger partial charge is 0.321 e. The maximum atomic E-state index is 11.2. The van der Waals surface area contributed by atoms with E-state index in [0.717, 1.165) is 0 Å². The Labute approximate surface area is 99.1 Å². The number of rotatable bonds is 7. The van der Waals surface area contributed by atoms with Crippen molar-refractivity contribution in [3.63, 3.8) is 0 Å². The Kier molecular flexibility index (Phi) is 6.57. The molecule has 0 aromatic carbocycles. The molecule has 0 rings (SSSR count). The molecule has 0 saturated heterocycles. The summed E-state index contributed by atoms with van der Waals surface area (Å²) in [4.78, 5) is 32.5. The topological polar surface area (TPSA) is 122 Å². The molecule has 7 nitrogen and oxygen atoms in total. The molecule has 0 aliphatic rings. The van der Waals surface area contributed by atoms with Crippen molar-refractivity contribution in [3.05, 3.63) is 12.2 Å². The lowest BCUT2D eigenvalue weighted by Crippen LogP contribution is -2.39. The summed E-state index contributed by atoms with van der Waals surface area (Å²) in [5, 5.41) is 13.4. The van der Waals surface area contributed by atoms with E-state index in [1.54, 1.807) is 6.92 Å². The van der Waals surface area contributed by atoms with Crippen molar-refractivity contribution in [1.29, 1.82) is 0 Å². The highest BCUT2D eigenvalue weighted by molar-refractivity contribution is 5.92. The number of carbonyl (C=O) groups excluding carboxylic acids is 2. The molecule has 0 fully saturated rings. The highest BCUT2D eigenvalue weighted by atomic mass is 16.4. The lowest BCUT2D eigenvalue weighted by molar-refractivity contribution is -0.140. The molecule has 0 spiro atoms. The van der Waals surface area contributed by atoms with Gasteiger partial charge in [0.15, 0.2) is 0 Å². The largest absolute Gasteiger partial charge is 0.480 e. The van der Waals surface area contributed by atoms with Crippen molar-refractivity contribution in [2.45, 2.75) is 19.4 Å². The first-order valence-corrected chi connectivity index (χ1v) is 5.03. The van der Waals surface area contributed by atoms with Crippen LogP contribution in [-0.2, 0) is 14.4 Å². The Hall–Kier alpha value is -1.89. The van der Waals surface area contributed by atoms with Gasteiger partial charge in [0.25, 0.3) is 0 Å². The third-order valence-electron chi connectivity index (χ3n) is 1.84. The van der Waals surface area contributed by atoms with E-state index in [9.17, 15) is 14.4 Å². The van der Waals surface area contributed by atoms with Crippen LogP contribution in [0.15, 0.2) is 12.2 Å². The van der Waals surface area contributed by atoms with Gasteiger partial charge in [-0.15, -0.1) is 0 Å². The molecule has 0 aromatic heterocycles. The van der Waals surface area contributed by atoms with E-state index in [4.69, 9.17) is 10.8 Å². The maximum Gasteiger partial charge on any atom is 0.321 e. The quantitative estimate of drug-likeness (QED) is 0.323. The third-order valence-corrected chi connectivity index (χ3v) is 1.84. The summed E-state index contributed by atoms with van der Waals surface area (Å²) in [6, 6.07) is -1.21. The molecule has 0 aromatic rings. The Morgan fingerprint density at radius 3 is 2.29 bits per heavy atom. The van der Waals surface area contributed by atoms with Crippen LogP contribution in [0.25, 0.3) is 0 Å². The second-order valence-corrected chi connectivity index (χ2v) is 3.54. The molecule has 0 aliphatic carbocycles. The summed E-state index contributed by atoms with van der Waals surface area (Å²) in [5.41, 5.74) is 5.55. The first-order chi connectivity index (χ1) is 7.84. The van der Waals surface area contributed by atoms with E-state index in [1.807, 2.05) is 0 Å². The van der Waals surface area contributed by atoms with Crippen molar-refractivity contribution in [1.82, 2.24) is 10.6 Å². The number of nitrogens with two attached hydrogens (primary N) is 1. The molecule has 1 atom stereocenters. The normalized spacial score (nSPS) is 11.4. The zero-order valence-corrected chi connectivity index (χ0v) is 9.66. The third kappa shape index (κ3) is 7.07. The average molecular weight is 243 g/mol. The molecule has 0 heterocycles. The first kappa shape index (κ1) is 15.1. The standard InChI is InChI=1S/C10H17N3O4/c1-6(2)9(15)13-4-3-12-8(14)5-7(11)10(16)17/h7H,1,3-5,11H2,2H3,(H,12,14)(H,13,15)(H,16,17). The highest BCUT2D eigenvalue weighted by Gasteiger charge is 2.15. The molecule has 2 amide bonds. The summed E-state index contributed by atoms with van der Waals surface area (Å²) < 4.78 is 0. The zero-order chi connectivity index (χ0) is 13.4. The lowest BCUT2D eigenvalue weighted by Gasteiger charge is -2.08. The van der Waals surface area contributed by atoms with Gasteiger partial charge in [0, 0.05) is 18.7 Å². The molecule has 0 aliphatic heterocycles. The monoisotopic (exact) mass is 243 g/mol. The van der Waals surface area contributed by atoms with E-state index in [1.165, 1.54) is 0 Å². The highest BCUT2D eigenvalue weighted by Crippen LogP contribution is 1.88. The van der Waals surface area contributed by atoms with E-state index >= 15 is 0 Å². The van der Waals surface area contributed by atoms with E-state index in [2.05, 4.69) is 17.2 Å². The van der Waals surface area contributed by atoms with E-state index in [-0.39, 0.29) is 25.4 Å². The van der Waals surface area contributed by atoms with Gasteiger partial charge < -0.3 is 21.5 Å². The van der Waals surface area contributed by atoms with Crippen molar-refractivity contribution < 1.29 is 19.5 Å². The zero-order valence-electron chi connectivity index (χ0n) is 9.66. The fourth-order valence-corrected chi connectivity index (χ4v) is 0.888. The fourth-order valence-electron chi connectivity index (χ4n) is 0.888. The predicted octanol–water partition coefficient (Wildman–Crippen LogP) is -1.40. The molecule has 5 N–H and O–H groups in total. The second-order valence-electron chi connectivity index (χ2n) is 3.54. The molecule has 7 heteroatoms. The van der Waals surface area contributed by atoms with Crippen molar-refractivity contribution in [2.24, 2.45) is 5.73 Å². The Morgan fingerprint density at radius 2 is 1.82 bits per heavy atom. The van der Waals surface area contributed by atoms with Gasteiger partial charge >= 0.3 is 5.97 Å². The number of hydrogen-bond donors (Lipinski definition) is 4. The molecule has 0 bridgehead atoms. The van der Waals surface area contributed by atoms with Crippen LogP contribution in [0.2, 0.25) is 0 Å². The van der Waals surface area contributed by atoms with Crippen LogP contribution in [0.4, 0.5) is 0 Å². The summed E-state index contributed by atoms with van der Waals surface area (Å²) in [5.74, 6) is -1.98. The first-order valence-electron chi connectivity index (χ1n) is 5.03. The number of aliphatic carboxylic acids is 1. The summed E-state index contributed by atoms with van der Waals surface area (Å²) in [6.07, 6.45) is -0.288. The lowest BCUT2D eigenvalue weighted by atomic mass is 10.2. The van der Waals surface area contributed by atoms with Gasteiger partial charge in [-0.3, -0.25) is 14.4 Å². The van der Waals surface area contributed by atoms with Crippen LogP contribution in [0, 0.1) is 0 Å². The van der Waals surface area contributed by atoms with Gasteiger partial charge in [-0.1, -0.05) is 6.58 Å². The Balaban J connectivity index is 3.69. The van der Waals surface area contributed by atoms with Gasteiger partial charge in [0.2, 0.25) is 11.8 Å². The molecular formula is C10H17N3O4. The number of hydrogen-bond acceptors (Lipinski definition) is 4. The minimum absolute atomic E-state index is 0.212. The predicted molar refractivity (Wildman–Crippen MR) is 61.1 cm³/mol. The summed E-state index contributed by atoms with van der Waals surface area (Å²) in [7, 11) is 0. The molecule has 0 radical (unpaired) electrons. The Morgan fingerprint density at radius 1 is 1.29 bits per heavy atom. The van der Waals surface area contributed by atoms with Crippen LogP contribution in [0.5, 0.6) is 0 Å². The maximum absolute atomic E-state index is 11.2. The average Bonchev–Trinajstić information content (AvgIpc) is 2.23. The second kappa shape index (κ2) is 7.39. The molecule has 0 saturated carbocycles. The number of carbonyl (C=O) groups is 3. The van der Waals surface area contributed by atoms with Gasteiger partial charge in [0.1, 0.15) is 6.04 Å². The summed E-state index contributed by atoms with van der Waals surface area (Å²) >= 11 is 0. The minimum atomic E-state index is -1.23. The van der Waals surface area contributed by atoms with Crippen LogP contribution < -0.4 is 16.4 Å². The van der Waals surface area contributed by atoms with Crippen LogP contribution in [-0.4, -0.2) is 42.0 Å². The molecular weight excluding hydrogens is 226 g/mol. The molecule has 17 heavy (non-hydrogen) atoms. The Bertz CT molecular complexity index is 328. The van der Waals surface area contributed by atoms with Gasteiger partial charge in [0.05, 0.1) is 6.42 Å². The fraction of sp³-hybridized carbons (Fsp3) is 0.500. The number of carboxylic acids is 1. The molecule has 96 valence electrons. The van der Waals surface area contributed by atoms with E-state index < -0.39 is 17.9 Å². The van der Waals surface area contributed by atoms with Crippen molar-refractivity contribution >= 4 is 17.8 Å². The summed E-state index contributed by atoms with van der Waals surface area (Å²) in [6.45, 7) is 5.48. The molecule has 1 unspecified atom stereocenters. The SMILES string of the molecule is C=C(C)C(=O)NCCNC(=O)CC(N)C(=O)O. The minimum Gasteiger partial charge on any atom is -0.480 e. The van der Waals surface area contributed by atoms with Crippen molar-refractivity contribution in [2.75, 3.05) is 13.1 Å². The van der Waals surface area contributed by atoms with Crippen LogP contribution >= 0.6 is 0 Å². The number of carboxylic acid groups (broad SMARTS) is 1. The number of nitrogens with one attached hydrogen (secondary N) is 2. The van der Waals surface area contributed by atoms with Crippen LogP contribution in [0.3, 0.4) is 0 Å². The van der Waals surface area contributed by atoms with Gasteiger partial charge in [-0.05, 0) is 6.92 Å². The van der Waals surface area contributed by atoms with E-state index in [0.29, 0.717) is 5.57 Å².